The quantitative estimate of drug-likeness (QED) is 0.498. The molecule has 1 aromatic carbocycles. The number of carbonyl (C=O) groups is 1. The van der Waals surface area contributed by atoms with Crippen LogP contribution in [-0.2, 0) is 6.42 Å². The maximum absolute atomic E-state index is 11.6. The lowest BCUT2D eigenvalue weighted by atomic mass is 10.1. The van der Waals surface area contributed by atoms with Gasteiger partial charge in [0.15, 0.2) is 5.76 Å². The second-order valence-electron chi connectivity index (χ2n) is 4.02. The third-order valence-corrected chi connectivity index (χ3v) is 2.63. The highest BCUT2D eigenvalue weighted by atomic mass is 16.3. The highest BCUT2D eigenvalue weighted by Crippen LogP contribution is 2.21. The lowest BCUT2D eigenvalue weighted by molar-refractivity contribution is 0.0927. The van der Waals surface area contributed by atoms with E-state index in [1.807, 2.05) is 0 Å². The van der Waals surface area contributed by atoms with Crippen LogP contribution >= 0.6 is 0 Å². The van der Waals surface area contributed by atoms with E-state index >= 15 is 0 Å². The molecule has 0 aliphatic carbocycles. The Morgan fingerprint density at radius 1 is 1.40 bits per heavy atom. The second kappa shape index (κ2) is 6.38. The Bertz CT molecular complexity index is 631. The molecule has 5 nitrogen and oxygen atoms in total. The van der Waals surface area contributed by atoms with E-state index in [4.69, 9.17) is 4.42 Å². The van der Waals surface area contributed by atoms with E-state index in [0.29, 0.717) is 12.0 Å². The fourth-order valence-corrected chi connectivity index (χ4v) is 1.66. The van der Waals surface area contributed by atoms with Crippen LogP contribution in [0.4, 0.5) is 0 Å². The van der Waals surface area contributed by atoms with Crippen LogP contribution in [0.5, 0.6) is 5.75 Å². The number of nitrogens with zero attached hydrogens (tertiary/aromatic N) is 1. The lowest BCUT2D eigenvalue weighted by Gasteiger charge is -2.04. The predicted molar refractivity (Wildman–Crippen MR) is 75.8 cm³/mol. The van der Waals surface area contributed by atoms with Crippen molar-refractivity contribution in [1.82, 2.24) is 5.43 Å². The molecule has 20 heavy (non-hydrogen) atoms. The van der Waals surface area contributed by atoms with Crippen molar-refractivity contribution in [2.24, 2.45) is 5.10 Å². The van der Waals surface area contributed by atoms with Crippen molar-refractivity contribution in [2.75, 3.05) is 0 Å². The molecule has 0 radical (unpaired) electrons. The smallest absolute Gasteiger partial charge is 0.307 e. The average Bonchev–Trinajstić information content (AvgIpc) is 2.97. The summed E-state index contributed by atoms with van der Waals surface area (Å²) in [4.78, 5) is 11.6. The maximum atomic E-state index is 11.6. The molecule has 0 saturated carbocycles. The van der Waals surface area contributed by atoms with Gasteiger partial charge in [-0.3, -0.25) is 4.79 Å². The van der Waals surface area contributed by atoms with E-state index < -0.39 is 5.91 Å². The molecule has 0 aliphatic rings. The summed E-state index contributed by atoms with van der Waals surface area (Å²) < 4.78 is 4.93. The van der Waals surface area contributed by atoms with Crippen molar-refractivity contribution < 1.29 is 14.3 Å². The normalized spacial score (nSPS) is 10.6. The van der Waals surface area contributed by atoms with Crippen molar-refractivity contribution in [2.45, 2.75) is 6.42 Å². The number of nitrogens with one attached hydrogen (secondary N) is 1. The van der Waals surface area contributed by atoms with Gasteiger partial charge in [-0.25, -0.2) is 5.43 Å². The molecule has 0 unspecified atom stereocenters. The van der Waals surface area contributed by atoms with Crippen molar-refractivity contribution in [3.63, 3.8) is 0 Å². The number of rotatable bonds is 5. The van der Waals surface area contributed by atoms with Crippen LogP contribution in [0.25, 0.3) is 0 Å². The van der Waals surface area contributed by atoms with Gasteiger partial charge < -0.3 is 9.52 Å². The third kappa shape index (κ3) is 3.14. The van der Waals surface area contributed by atoms with E-state index in [0.717, 1.165) is 5.56 Å². The van der Waals surface area contributed by atoms with Gasteiger partial charge in [-0.2, -0.15) is 5.10 Å². The number of carbonyl (C=O) groups excluding carboxylic acids is 1. The first-order valence-electron chi connectivity index (χ1n) is 6.01. The zero-order chi connectivity index (χ0) is 14.4. The first kappa shape index (κ1) is 13.6. The zero-order valence-electron chi connectivity index (χ0n) is 10.7. The highest BCUT2D eigenvalue weighted by molar-refractivity contribution is 5.92. The van der Waals surface area contributed by atoms with E-state index in [2.05, 4.69) is 17.1 Å². The number of phenols is 1. The van der Waals surface area contributed by atoms with Gasteiger partial charge >= 0.3 is 5.91 Å². The van der Waals surface area contributed by atoms with Gasteiger partial charge in [0.05, 0.1) is 12.5 Å². The number of phenolic OH excluding ortho intramolecular Hbond substituents is 1. The summed E-state index contributed by atoms with van der Waals surface area (Å²) in [5.41, 5.74) is 3.59. The SMILES string of the molecule is C=CCc1cccc(/C=N\NC(=O)c2ccco2)c1O. The van der Waals surface area contributed by atoms with E-state index in [1.54, 1.807) is 30.3 Å². The van der Waals surface area contributed by atoms with Gasteiger partial charge in [-0.05, 0) is 30.2 Å². The van der Waals surface area contributed by atoms with Crippen molar-refractivity contribution in [1.29, 1.82) is 0 Å². The first-order chi connectivity index (χ1) is 9.72. The predicted octanol–water partition coefficient (Wildman–Crippen LogP) is 2.48. The monoisotopic (exact) mass is 270 g/mol. The highest BCUT2D eigenvalue weighted by Gasteiger charge is 2.07. The van der Waals surface area contributed by atoms with E-state index in [-0.39, 0.29) is 11.5 Å². The summed E-state index contributed by atoms with van der Waals surface area (Å²) in [6.07, 6.45) is 5.05. The Hall–Kier alpha value is -2.82. The molecule has 1 amide bonds. The maximum Gasteiger partial charge on any atom is 0.307 e. The Kier molecular flexibility index (Phi) is 4.34. The largest absolute Gasteiger partial charge is 0.507 e. The Labute approximate surface area is 116 Å². The molecule has 1 heterocycles. The Balaban J connectivity index is 2.06. The van der Waals surface area contributed by atoms with Gasteiger partial charge in [-0.15, -0.1) is 6.58 Å². The number of allylic oxidation sites excluding steroid dienone is 1. The molecule has 2 rings (SSSR count). The van der Waals surface area contributed by atoms with Crippen LogP contribution in [-0.4, -0.2) is 17.2 Å². The minimum atomic E-state index is -0.451. The molecule has 2 N–H and O–H groups in total. The van der Waals surface area contributed by atoms with Crippen LogP contribution in [0, 0.1) is 0 Å². The van der Waals surface area contributed by atoms with Gasteiger partial charge in [0, 0.05) is 5.56 Å². The fraction of sp³-hybridized carbons (Fsp3) is 0.0667. The van der Waals surface area contributed by atoms with E-state index in [9.17, 15) is 9.90 Å². The number of aromatic hydroxyl groups is 1. The molecule has 0 saturated heterocycles. The van der Waals surface area contributed by atoms with Crippen molar-refractivity contribution >= 4 is 12.1 Å². The van der Waals surface area contributed by atoms with Crippen LogP contribution in [0.3, 0.4) is 0 Å². The summed E-state index contributed by atoms with van der Waals surface area (Å²) in [7, 11) is 0. The first-order valence-corrected chi connectivity index (χ1v) is 6.01. The molecule has 0 bridgehead atoms. The van der Waals surface area contributed by atoms with Crippen LogP contribution in [0.2, 0.25) is 0 Å². The average molecular weight is 270 g/mol. The summed E-state index contributed by atoms with van der Waals surface area (Å²) in [5.74, 6) is -0.150. The van der Waals surface area contributed by atoms with Gasteiger partial charge in [0.2, 0.25) is 0 Å². The lowest BCUT2D eigenvalue weighted by Crippen LogP contribution is -2.16. The minimum Gasteiger partial charge on any atom is -0.507 e. The Morgan fingerprint density at radius 2 is 2.25 bits per heavy atom. The topological polar surface area (TPSA) is 74.8 Å². The number of benzene rings is 1. The summed E-state index contributed by atoms with van der Waals surface area (Å²) in [5, 5.41) is 13.8. The molecule has 1 aromatic heterocycles. The summed E-state index contributed by atoms with van der Waals surface area (Å²) >= 11 is 0. The van der Waals surface area contributed by atoms with Crippen LogP contribution in [0.15, 0.2) is 58.8 Å². The molecular formula is C15H14N2O3. The standard InChI is InChI=1S/C15H14N2O3/c1-2-5-11-6-3-7-12(14(11)18)10-16-17-15(19)13-8-4-9-20-13/h2-4,6-10,18H,1,5H2,(H,17,19)/b16-10-. The van der Waals surface area contributed by atoms with E-state index in [1.165, 1.54) is 18.5 Å². The third-order valence-electron chi connectivity index (χ3n) is 2.63. The molecule has 5 heteroatoms. The number of hydrazone groups is 1. The zero-order valence-corrected chi connectivity index (χ0v) is 10.7. The van der Waals surface area contributed by atoms with Crippen LogP contribution < -0.4 is 5.43 Å². The van der Waals surface area contributed by atoms with Crippen molar-refractivity contribution in [3.8, 4) is 5.75 Å². The van der Waals surface area contributed by atoms with Crippen molar-refractivity contribution in [3.05, 3.63) is 66.1 Å². The minimum absolute atomic E-state index is 0.128. The molecule has 0 aliphatic heterocycles. The fourth-order valence-electron chi connectivity index (χ4n) is 1.66. The molecule has 0 atom stereocenters. The van der Waals surface area contributed by atoms with Gasteiger partial charge in [0.1, 0.15) is 5.75 Å². The molecule has 102 valence electrons. The molecule has 2 aromatic rings. The van der Waals surface area contributed by atoms with Gasteiger partial charge in [0.25, 0.3) is 0 Å². The van der Waals surface area contributed by atoms with Crippen LogP contribution in [0.1, 0.15) is 21.7 Å². The number of para-hydroxylation sites is 1. The molecular weight excluding hydrogens is 256 g/mol. The number of amides is 1. The summed E-state index contributed by atoms with van der Waals surface area (Å²) in [6.45, 7) is 3.63. The summed E-state index contributed by atoms with van der Waals surface area (Å²) in [6, 6.07) is 8.45. The number of hydrogen-bond donors (Lipinski definition) is 2. The number of hydrogen-bond acceptors (Lipinski definition) is 4. The van der Waals surface area contributed by atoms with Gasteiger partial charge in [-0.1, -0.05) is 18.2 Å². The molecule has 0 fully saturated rings. The Morgan fingerprint density at radius 3 is 2.95 bits per heavy atom. The number of furan rings is 1. The second-order valence-corrected chi connectivity index (χ2v) is 4.02. The molecule has 0 spiro atoms.